The lowest BCUT2D eigenvalue weighted by Gasteiger charge is -2.32. The third-order valence-electron chi connectivity index (χ3n) is 6.53. The number of hydrogen-bond acceptors (Lipinski definition) is 4. The van der Waals surface area contributed by atoms with E-state index in [1.165, 1.54) is 0 Å². The Hall–Kier alpha value is -2.90. The summed E-state index contributed by atoms with van der Waals surface area (Å²) in [7, 11) is 0. The van der Waals surface area contributed by atoms with Crippen molar-refractivity contribution < 1.29 is 29.4 Å². The number of carbonyl (C=O) groups is 4. The fourth-order valence-corrected chi connectivity index (χ4v) is 5.10. The van der Waals surface area contributed by atoms with Crippen LogP contribution in [0.25, 0.3) is 0 Å². The topological polar surface area (TPSA) is 115 Å². The van der Waals surface area contributed by atoms with Gasteiger partial charge in [0.2, 0.25) is 5.91 Å². The van der Waals surface area contributed by atoms with Gasteiger partial charge in [-0.15, -0.1) is 0 Å². The molecule has 3 heterocycles. The van der Waals surface area contributed by atoms with Gasteiger partial charge in [-0.2, -0.15) is 0 Å². The van der Waals surface area contributed by atoms with Crippen LogP contribution in [0, 0.1) is 5.41 Å². The Morgan fingerprint density at radius 3 is 2.38 bits per heavy atom. The number of rotatable bonds is 4. The number of carboxylic acid groups (broad SMARTS) is 2. The Labute approximate surface area is 169 Å². The van der Waals surface area contributed by atoms with Gasteiger partial charge in [0.25, 0.3) is 12.4 Å². The minimum absolute atomic E-state index is 0.0170. The Morgan fingerprint density at radius 1 is 1.24 bits per heavy atom. The second kappa shape index (κ2) is 8.23. The molecule has 4 rings (SSSR count). The van der Waals surface area contributed by atoms with E-state index in [0.717, 1.165) is 31.5 Å². The molecule has 156 valence electrons. The number of benzene rings is 1. The van der Waals surface area contributed by atoms with Crippen LogP contribution in [0.4, 0.5) is 5.69 Å². The van der Waals surface area contributed by atoms with E-state index in [4.69, 9.17) is 9.90 Å². The molecular weight excluding hydrogens is 376 g/mol. The molecule has 29 heavy (non-hydrogen) atoms. The standard InChI is InChI=1S/C20H24N2O4.CH2O2/c1-2-20(19(25)26)12-15-9-10-16(20)22(15)18(24)13-5-7-14(8-6-13)21-11-3-4-17(21)23;2-1-3/h5-8,15-16H,2-4,9-12H2,1H3,(H,25,26);1H,(H,2,3)/t15-,16+,20+;/m0./s1. The molecule has 0 unspecified atom stereocenters. The number of carbonyl (C=O) groups excluding carboxylic acids is 2. The van der Waals surface area contributed by atoms with E-state index in [-0.39, 0.29) is 30.4 Å². The summed E-state index contributed by atoms with van der Waals surface area (Å²) in [6.45, 7) is 2.37. The summed E-state index contributed by atoms with van der Waals surface area (Å²) in [5.74, 6) is -0.753. The highest BCUT2D eigenvalue weighted by Crippen LogP contribution is 2.52. The molecule has 3 aliphatic rings. The van der Waals surface area contributed by atoms with E-state index in [1.807, 2.05) is 24.0 Å². The molecule has 2 bridgehead atoms. The fourth-order valence-electron chi connectivity index (χ4n) is 5.10. The first kappa shape index (κ1) is 20.8. The van der Waals surface area contributed by atoms with Crippen LogP contribution in [0.5, 0.6) is 0 Å². The van der Waals surface area contributed by atoms with Crippen LogP contribution < -0.4 is 4.90 Å². The number of amides is 2. The van der Waals surface area contributed by atoms with Gasteiger partial charge in [-0.05, 0) is 56.4 Å². The summed E-state index contributed by atoms with van der Waals surface area (Å²) in [5.41, 5.74) is 0.581. The Kier molecular flexibility index (Phi) is 5.91. The Bertz CT molecular complexity index is 808. The first-order chi connectivity index (χ1) is 13.9. The molecule has 8 nitrogen and oxygen atoms in total. The first-order valence-electron chi connectivity index (χ1n) is 9.94. The lowest BCUT2D eigenvalue weighted by Crippen LogP contribution is -2.44. The van der Waals surface area contributed by atoms with Gasteiger partial charge in [0, 0.05) is 36.3 Å². The maximum absolute atomic E-state index is 13.1. The van der Waals surface area contributed by atoms with Gasteiger partial charge in [-0.3, -0.25) is 19.2 Å². The van der Waals surface area contributed by atoms with Crippen molar-refractivity contribution in [3.8, 4) is 0 Å². The van der Waals surface area contributed by atoms with Crippen molar-refractivity contribution in [3.63, 3.8) is 0 Å². The maximum Gasteiger partial charge on any atom is 0.311 e. The fraction of sp³-hybridized carbons (Fsp3) is 0.524. The molecule has 0 spiro atoms. The van der Waals surface area contributed by atoms with Crippen molar-refractivity contribution in [1.82, 2.24) is 4.90 Å². The zero-order valence-corrected chi connectivity index (χ0v) is 16.4. The highest BCUT2D eigenvalue weighted by Gasteiger charge is 2.60. The summed E-state index contributed by atoms with van der Waals surface area (Å²) in [4.78, 5) is 48.8. The van der Waals surface area contributed by atoms with E-state index in [0.29, 0.717) is 24.8 Å². The number of carboxylic acids is 1. The molecule has 3 saturated heterocycles. The quantitative estimate of drug-likeness (QED) is 0.747. The molecular formula is C21H26N2O6. The van der Waals surface area contributed by atoms with Gasteiger partial charge in [0.1, 0.15) is 0 Å². The number of aliphatic carboxylic acids is 1. The second-order valence-electron chi connectivity index (χ2n) is 7.78. The van der Waals surface area contributed by atoms with Crippen molar-refractivity contribution in [2.45, 2.75) is 57.5 Å². The zero-order chi connectivity index (χ0) is 21.2. The summed E-state index contributed by atoms with van der Waals surface area (Å²) < 4.78 is 0. The van der Waals surface area contributed by atoms with Crippen LogP contribution in [0.2, 0.25) is 0 Å². The van der Waals surface area contributed by atoms with E-state index >= 15 is 0 Å². The van der Waals surface area contributed by atoms with E-state index in [1.54, 1.807) is 17.0 Å². The monoisotopic (exact) mass is 402 g/mol. The average Bonchev–Trinajstić information content (AvgIpc) is 3.41. The molecule has 3 aliphatic heterocycles. The van der Waals surface area contributed by atoms with Gasteiger partial charge in [-0.25, -0.2) is 0 Å². The van der Waals surface area contributed by atoms with Crippen LogP contribution >= 0.6 is 0 Å². The predicted octanol–water partition coefficient (Wildman–Crippen LogP) is 2.37. The summed E-state index contributed by atoms with van der Waals surface area (Å²) >= 11 is 0. The molecule has 1 aromatic rings. The minimum Gasteiger partial charge on any atom is -0.483 e. The number of hydrogen-bond donors (Lipinski definition) is 2. The number of fused-ring (bicyclic) bond motifs is 2. The van der Waals surface area contributed by atoms with Gasteiger partial charge in [0.15, 0.2) is 0 Å². The molecule has 2 amide bonds. The minimum atomic E-state index is -0.805. The molecule has 0 aromatic heterocycles. The SMILES string of the molecule is CC[C@@]1(C(=O)O)C[C@@H]2CC[C@H]1N2C(=O)c1ccc(N2CCCC2=O)cc1.O=CO. The van der Waals surface area contributed by atoms with Crippen LogP contribution in [0.1, 0.15) is 55.8 Å². The summed E-state index contributed by atoms with van der Waals surface area (Å²) in [6.07, 6.45) is 4.18. The third-order valence-corrected chi connectivity index (χ3v) is 6.53. The molecule has 8 heteroatoms. The van der Waals surface area contributed by atoms with E-state index < -0.39 is 11.4 Å². The smallest absolute Gasteiger partial charge is 0.311 e. The normalized spacial score (nSPS) is 27.6. The van der Waals surface area contributed by atoms with Crippen molar-refractivity contribution in [1.29, 1.82) is 0 Å². The highest BCUT2D eigenvalue weighted by molar-refractivity contribution is 5.98. The molecule has 1 aromatic carbocycles. The van der Waals surface area contributed by atoms with Gasteiger partial charge in [0.05, 0.1) is 5.41 Å². The van der Waals surface area contributed by atoms with E-state index in [2.05, 4.69) is 0 Å². The van der Waals surface area contributed by atoms with Crippen molar-refractivity contribution in [3.05, 3.63) is 29.8 Å². The van der Waals surface area contributed by atoms with Gasteiger partial charge >= 0.3 is 5.97 Å². The Morgan fingerprint density at radius 2 is 1.90 bits per heavy atom. The van der Waals surface area contributed by atoms with Crippen LogP contribution in [-0.2, 0) is 14.4 Å². The molecule has 3 fully saturated rings. The first-order valence-corrected chi connectivity index (χ1v) is 9.94. The number of nitrogens with zero attached hydrogens (tertiary/aromatic N) is 2. The lowest BCUT2D eigenvalue weighted by molar-refractivity contribution is -0.151. The number of anilines is 1. The van der Waals surface area contributed by atoms with E-state index in [9.17, 15) is 19.5 Å². The van der Waals surface area contributed by atoms with Gasteiger partial charge in [-0.1, -0.05) is 6.92 Å². The lowest BCUT2D eigenvalue weighted by atomic mass is 9.72. The third kappa shape index (κ3) is 3.47. The average molecular weight is 402 g/mol. The van der Waals surface area contributed by atoms with Crippen LogP contribution in [0.3, 0.4) is 0 Å². The second-order valence-corrected chi connectivity index (χ2v) is 7.78. The molecule has 2 N–H and O–H groups in total. The Balaban J connectivity index is 0.000000755. The van der Waals surface area contributed by atoms with Crippen LogP contribution in [0.15, 0.2) is 24.3 Å². The van der Waals surface area contributed by atoms with Gasteiger partial charge < -0.3 is 20.0 Å². The maximum atomic E-state index is 13.1. The molecule has 0 saturated carbocycles. The van der Waals surface area contributed by atoms with Crippen molar-refractivity contribution >= 4 is 29.9 Å². The summed E-state index contributed by atoms with van der Waals surface area (Å²) in [6, 6.07) is 6.95. The molecule has 3 atom stereocenters. The predicted molar refractivity (Wildman–Crippen MR) is 105 cm³/mol. The summed E-state index contributed by atoms with van der Waals surface area (Å²) in [5, 5.41) is 16.7. The highest BCUT2D eigenvalue weighted by atomic mass is 16.4. The molecule has 0 aliphatic carbocycles. The van der Waals surface area contributed by atoms with Crippen molar-refractivity contribution in [2.75, 3.05) is 11.4 Å². The van der Waals surface area contributed by atoms with Crippen molar-refractivity contribution in [2.24, 2.45) is 5.41 Å². The molecule has 0 radical (unpaired) electrons. The van der Waals surface area contributed by atoms with Crippen LogP contribution in [-0.4, -0.2) is 58.0 Å². The largest absolute Gasteiger partial charge is 0.483 e. The zero-order valence-electron chi connectivity index (χ0n) is 16.4.